The Bertz CT molecular complexity index is 999. The van der Waals surface area contributed by atoms with Gasteiger partial charge in [0.15, 0.2) is 0 Å². The van der Waals surface area contributed by atoms with E-state index in [9.17, 15) is 9.59 Å². The number of carboxylic acids is 1. The molecule has 28 heavy (non-hydrogen) atoms. The first-order chi connectivity index (χ1) is 13.6. The van der Waals surface area contributed by atoms with Gasteiger partial charge in [0.25, 0.3) is 0 Å². The highest BCUT2D eigenvalue weighted by atomic mass is 16.6. The number of nitrogens with zero attached hydrogens (tertiary/aromatic N) is 1. The molecule has 1 fully saturated rings. The third-order valence-electron chi connectivity index (χ3n) is 4.83. The highest BCUT2D eigenvalue weighted by molar-refractivity contribution is 5.89. The first-order valence-corrected chi connectivity index (χ1v) is 9.03. The van der Waals surface area contributed by atoms with Gasteiger partial charge in [-0.25, -0.2) is 9.59 Å². The van der Waals surface area contributed by atoms with Crippen molar-refractivity contribution >= 4 is 12.1 Å². The molecule has 0 unspecified atom stereocenters. The highest BCUT2D eigenvalue weighted by Crippen LogP contribution is 2.28. The lowest BCUT2D eigenvalue weighted by molar-refractivity contribution is 0.0697. The van der Waals surface area contributed by atoms with Gasteiger partial charge in [-0.1, -0.05) is 66.7 Å². The first-order valence-electron chi connectivity index (χ1n) is 9.03. The zero-order valence-corrected chi connectivity index (χ0v) is 15.1. The second-order valence-electron chi connectivity index (χ2n) is 6.75. The molecule has 0 spiro atoms. The number of carboxylic acid groups (broad SMARTS) is 1. The first kappa shape index (κ1) is 17.8. The average Bonchev–Trinajstić information content (AvgIpc) is 3.10. The van der Waals surface area contributed by atoms with Crippen molar-refractivity contribution in [1.29, 1.82) is 0 Å². The number of hydrogen-bond acceptors (Lipinski definition) is 3. The molecule has 3 aromatic carbocycles. The molecule has 5 heteroatoms. The van der Waals surface area contributed by atoms with Gasteiger partial charge < -0.3 is 9.84 Å². The minimum absolute atomic E-state index is 0.244. The number of aromatic carboxylic acids is 1. The number of ether oxygens (including phenoxy) is 1. The molecule has 0 bridgehead atoms. The second-order valence-corrected chi connectivity index (χ2v) is 6.75. The van der Waals surface area contributed by atoms with Crippen molar-refractivity contribution in [3.05, 3.63) is 95.6 Å². The van der Waals surface area contributed by atoms with Crippen LogP contribution in [0.1, 0.15) is 27.6 Å². The highest BCUT2D eigenvalue weighted by Gasteiger charge is 2.32. The standard InChI is InChI=1S/C23H19NO4/c25-22(26)20-8-4-7-19(13-20)17-11-9-16(10-12-17)14-24-15-21(28-23(24)27)18-5-2-1-3-6-18/h1-13,21H,14-15H2,(H,25,26)/t21-/m0/s1. The molecule has 0 aliphatic carbocycles. The van der Waals surface area contributed by atoms with E-state index in [1.807, 2.05) is 60.7 Å². The van der Waals surface area contributed by atoms with Gasteiger partial charge in [-0.2, -0.15) is 0 Å². The van der Waals surface area contributed by atoms with Crippen LogP contribution < -0.4 is 0 Å². The van der Waals surface area contributed by atoms with E-state index in [4.69, 9.17) is 9.84 Å². The number of hydrogen-bond donors (Lipinski definition) is 1. The quantitative estimate of drug-likeness (QED) is 0.701. The summed E-state index contributed by atoms with van der Waals surface area (Å²) in [4.78, 5) is 25.0. The predicted molar refractivity (Wildman–Crippen MR) is 105 cm³/mol. The van der Waals surface area contributed by atoms with E-state index >= 15 is 0 Å². The summed E-state index contributed by atoms with van der Waals surface area (Å²) in [5.74, 6) is -0.945. The second kappa shape index (κ2) is 7.56. The summed E-state index contributed by atoms with van der Waals surface area (Å²) < 4.78 is 5.49. The largest absolute Gasteiger partial charge is 0.478 e. The fraction of sp³-hybridized carbons (Fsp3) is 0.130. The van der Waals surface area contributed by atoms with Gasteiger partial charge in [-0.15, -0.1) is 0 Å². The number of cyclic esters (lactones) is 1. The molecule has 0 saturated carbocycles. The van der Waals surface area contributed by atoms with Crippen LogP contribution in [0.15, 0.2) is 78.9 Å². The van der Waals surface area contributed by atoms with Crippen molar-refractivity contribution in [3.63, 3.8) is 0 Å². The minimum Gasteiger partial charge on any atom is -0.478 e. The number of carbonyl (C=O) groups is 2. The Labute approximate surface area is 162 Å². The van der Waals surface area contributed by atoms with Gasteiger partial charge in [-0.05, 0) is 34.4 Å². The lowest BCUT2D eigenvalue weighted by atomic mass is 10.0. The monoisotopic (exact) mass is 373 g/mol. The molecule has 5 nitrogen and oxygen atoms in total. The summed E-state index contributed by atoms with van der Waals surface area (Å²) in [5.41, 5.74) is 4.01. The molecule has 1 amide bonds. The van der Waals surface area contributed by atoms with E-state index in [0.29, 0.717) is 13.1 Å². The van der Waals surface area contributed by atoms with Crippen LogP contribution in [0.3, 0.4) is 0 Å². The smallest absolute Gasteiger partial charge is 0.410 e. The molecule has 0 radical (unpaired) electrons. The van der Waals surface area contributed by atoms with Crippen LogP contribution in [0, 0.1) is 0 Å². The third-order valence-corrected chi connectivity index (χ3v) is 4.83. The van der Waals surface area contributed by atoms with Crippen molar-refractivity contribution in [2.45, 2.75) is 12.6 Å². The zero-order valence-electron chi connectivity index (χ0n) is 15.1. The van der Waals surface area contributed by atoms with Crippen LogP contribution in [0.4, 0.5) is 4.79 Å². The van der Waals surface area contributed by atoms with E-state index in [-0.39, 0.29) is 17.8 Å². The van der Waals surface area contributed by atoms with Crippen LogP contribution in [0.25, 0.3) is 11.1 Å². The Morgan fingerprint density at radius 1 is 0.964 bits per heavy atom. The molecule has 1 saturated heterocycles. The molecule has 1 aliphatic rings. The minimum atomic E-state index is -0.945. The average molecular weight is 373 g/mol. The fourth-order valence-electron chi connectivity index (χ4n) is 3.33. The van der Waals surface area contributed by atoms with E-state index < -0.39 is 5.97 Å². The number of rotatable bonds is 5. The maximum atomic E-state index is 12.2. The Morgan fingerprint density at radius 3 is 2.43 bits per heavy atom. The van der Waals surface area contributed by atoms with Crippen molar-refractivity contribution < 1.29 is 19.4 Å². The molecular formula is C23H19NO4. The van der Waals surface area contributed by atoms with Crippen molar-refractivity contribution in [3.8, 4) is 11.1 Å². The Balaban J connectivity index is 1.46. The topological polar surface area (TPSA) is 66.8 Å². The van der Waals surface area contributed by atoms with Crippen LogP contribution in [-0.2, 0) is 11.3 Å². The Morgan fingerprint density at radius 2 is 1.71 bits per heavy atom. The molecule has 1 N–H and O–H groups in total. The van der Waals surface area contributed by atoms with Crippen molar-refractivity contribution in [2.75, 3.05) is 6.54 Å². The predicted octanol–water partition coefficient (Wildman–Crippen LogP) is 4.75. The molecule has 4 rings (SSSR count). The maximum Gasteiger partial charge on any atom is 0.410 e. The maximum absolute atomic E-state index is 12.2. The normalized spacial score (nSPS) is 16.1. The number of carbonyl (C=O) groups excluding carboxylic acids is 1. The third kappa shape index (κ3) is 3.74. The summed E-state index contributed by atoms with van der Waals surface area (Å²) in [5, 5.41) is 9.14. The molecule has 3 aromatic rings. The number of amides is 1. The van der Waals surface area contributed by atoms with E-state index in [1.54, 1.807) is 23.1 Å². The Kier molecular flexibility index (Phi) is 4.81. The summed E-state index contributed by atoms with van der Waals surface area (Å²) in [7, 11) is 0. The summed E-state index contributed by atoms with van der Waals surface area (Å²) >= 11 is 0. The lowest BCUT2D eigenvalue weighted by Gasteiger charge is -2.13. The van der Waals surface area contributed by atoms with E-state index in [2.05, 4.69) is 0 Å². The van der Waals surface area contributed by atoms with Gasteiger partial charge in [0.05, 0.1) is 12.1 Å². The van der Waals surface area contributed by atoms with Crippen LogP contribution in [-0.4, -0.2) is 28.6 Å². The van der Waals surface area contributed by atoms with Gasteiger partial charge in [0.2, 0.25) is 0 Å². The molecular weight excluding hydrogens is 354 g/mol. The van der Waals surface area contributed by atoms with Crippen LogP contribution in [0.2, 0.25) is 0 Å². The van der Waals surface area contributed by atoms with Gasteiger partial charge in [0, 0.05) is 6.54 Å². The SMILES string of the molecule is O=C(O)c1cccc(-c2ccc(CN3C[C@@H](c4ccccc4)OC3=O)cc2)c1. The van der Waals surface area contributed by atoms with Gasteiger partial charge in [-0.3, -0.25) is 4.90 Å². The van der Waals surface area contributed by atoms with Crippen molar-refractivity contribution in [1.82, 2.24) is 4.90 Å². The van der Waals surface area contributed by atoms with E-state index in [1.165, 1.54) is 0 Å². The van der Waals surface area contributed by atoms with Crippen molar-refractivity contribution in [2.24, 2.45) is 0 Å². The Hall–Kier alpha value is -3.60. The van der Waals surface area contributed by atoms with E-state index in [0.717, 1.165) is 22.3 Å². The van der Waals surface area contributed by atoms with Crippen LogP contribution in [0.5, 0.6) is 0 Å². The zero-order chi connectivity index (χ0) is 19.5. The number of benzene rings is 3. The van der Waals surface area contributed by atoms with Gasteiger partial charge in [0.1, 0.15) is 6.10 Å². The summed E-state index contributed by atoms with van der Waals surface area (Å²) in [6.07, 6.45) is -0.557. The summed E-state index contributed by atoms with van der Waals surface area (Å²) in [6.45, 7) is 0.989. The van der Waals surface area contributed by atoms with Gasteiger partial charge >= 0.3 is 12.1 Å². The van der Waals surface area contributed by atoms with Crippen LogP contribution >= 0.6 is 0 Å². The molecule has 0 aromatic heterocycles. The summed E-state index contributed by atoms with van der Waals surface area (Å²) in [6, 6.07) is 24.3. The lowest BCUT2D eigenvalue weighted by Crippen LogP contribution is -2.23. The molecule has 1 aliphatic heterocycles. The molecule has 1 atom stereocenters. The fourth-order valence-corrected chi connectivity index (χ4v) is 3.33. The molecule has 140 valence electrons. The molecule has 1 heterocycles.